The van der Waals surface area contributed by atoms with Crippen LogP contribution in [0.4, 0.5) is 0 Å². The largest absolute Gasteiger partial charge is 0.408 e. The van der Waals surface area contributed by atoms with Gasteiger partial charge in [0.25, 0.3) is 0 Å². The van der Waals surface area contributed by atoms with Crippen molar-refractivity contribution < 1.29 is 8.83 Å². The summed E-state index contributed by atoms with van der Waals surface area (Å²) in [6.07, 6.45) is 0.506. The van der Waals surface area contributed by atoms with Crippen LogP contribution in [0.1, 0.15) is 11.8 Å². The highest BCUT2D eigenvalue weighted by Gasteiger charge is 2.11. The average molecular weight is 389 g/mol. The number of nitrogens with zero attached hydrogens (tertiary/aromatic N) is 2. The monoisotopic (exact) mass is 388 g/mol. The number of halogens is 2. The van der Waals surface area contributed by atoms with Gasteiger partial charge in [-0.1, -0.05) is 23.2 Å². The number of aryl methyl sites for hydroxylation is 2. The van der Waals surface area contributed by atoms with E-state index in [2.05, 4.69) is 9.97 Å². The minimum Gasteiger partial charge on any atom is -0.408 e. The normalized spacial score (nSPS) is 11.3. The molecule has 2 aromatic carbocycles. The molecule has 130 valence electrons. The summed E-state index contributed by atoms with van der Waals surface area (Å²) in [4.78, 5) is 32.7. The van der Waals surface area contributed by atoms with Crippen LogP contribution < -0.4 is 11.3 Å². The fourth-order valence-corrected chi connectivity index (χ4v) is 2.95. The molecule has 2 heterocycles. The van der Waals surface area contributed by atoms with Crippen LogP contribution in [-0.4, -0.2) is 9.97 Å². The second kappa shape index (κ2) is 6.55. The predicted octanol–water partition coefficient (Wildman–Crippen LogP) is 3.78. The molecule has 0 spiro atoms. The van der Waals surface area contributed by atoms with Crippen LogP contribution in [-0.2, 0) is 12.8 Å². The van der Waals surface area contributed by atoms with E-state index in [1.165, 1.54) is 12.1 Å². The Labute approximate surface area is 156 Å². The Bertz CT molecular complexity index is 1160. The maximum absolute atomic E-state index is 12.1. The summed E-state index contributed by atoms with van der Waals surface area (Å²) in [6.45, 7) is 0. The Morgan fingerprint density at radius 2 is 1.15 bits per heavy atom. The summed E-state index contributed by atoms with van der Waals surface area (Å²) in [7, 11) is 0. The standard InChI is InChI=1S/C18H10Cl2N2O4/c19-9-1-3-13-11(7-9)17(23)25-15(21-13)5-6-16-22-14-4-2-10(20)8-12(14)18(24)26-16/h1-4,7-8H,5-6H2. The van der Waals surface area contributed by atoms with Crippen molar-refractivity contribution in [2.75, 3.05) is 0 Å². The van der Waals surface area contributed by atoms with E-state index in [1.807, 2.05) is 0 Å². The molecule has 8 heteroatoms. The van der Waals surface area contributed by atoms with E-state index in [4.69, 9.17) is 32.0 Å². The van der Waals surface area contributed by atoms with Crippen molar-refractivity contribution >= 4 is 45.0 Å². The average Bonchev–Trinajstić information content (AvgIpc) is 2.61. The van der Waals surface area contributed by atoms with Gasteiger partial charge in [0.2, 0.25) is 0 Å². The van der Waals surface area contributed by atoms with Crippen LogP contribution in [0.15, 0.2) is 54.8 Å². The van der Waals surface area contributed by atoms with E-state index in [0.29, 0.717) is 31.9 Å². The molecule has 4 aromatic rings. The molecule has 0 aliphatic rings. The maximum Gasteiger partial charge on any atom is 0.346 e. The number of hydrogen-bond acceptors (Lipinski definition) is 6. The Kier molecular flexibility index (Phi) is 4.22. The van der Waals surface area contributed by atoms with E-state index < -0.39 is 11.3 Å². The lowest BCUT2D eigenvalue weighted by Gasteiger charge is -2.03. The quantitative estimate of drug-likeness (QED) is 0.530. The summed E-state index contributed by atoms with van der Waals surface area (Å²) in [5.74, 6) is 0.455. The van der Waals surface area contributed by atoms with Crippen molar-refractivity contribution in [3.8, 4) is 0 Å². The van der Waals surface area contributed by atoms with Gasteiger partial charge in [-0.3, -0.25) is 0 Å². The summed E-state index contributed by atoms with van der Waals surface area (Å²) >= 11 is 11.8. The first-order valence-electron chi connectivity index (χ1n) is 7.68. The van der Waals surface area contributed by atoms with Crippen molar-refractivity contribution in [1.29, 1.82) is 0 Å². The molecule has 4 rings (SSSR count). The molecular formula is C18H10Cl2N2O4. The molecule has 26 heavy (non-hydrogen) atoms. The minimum absolute atomic E-state index is 0.227. The van der Waals surface area contributed by atoms with Gasteiger partial charge in [0.05, 0.1) is 21.8 Å². The second-order valence-corrected chi connectivity index (χ2v) is 6.49. The van der Waals surface area contributed by atoms with Crippen molar-refractivity contribution in [2.24, 2.45) is 0 Å². The Morgan fingerprint density at radius 1 is 0.731 bits per heavy atom. The summed E-state index contributed by atoms with van der Waals surface area (Å²) in [6, 6.07) is 9.61. The lowest BCUT2D eigenvalue weighted by molar-refractivity contribution is 0.410. The fraction of sp³-hybridized carbons (Fsp3) is 0.111. The van der Waals surface area contributed by atoms with E-state index in [1.54, 1.807) is 24.3 Å². The van der Waals surface area contributed by atoms with Crippen LogP contribution in [0.25, 0.3) is 21.8 Å². The second-order valence-electron chi connectivity index (χ2n) is 5.61. The van der Waals surface area contributed by atoms with Crippen LogP contribution in [0, 0.1) is 0 Å². The Hall–Kier alpha value is -2.70. The van der Waals surface area contributed by atoms with E-state index in [0.717, 1.165) is 0 Å². The SMILES string of the molecule is O=c1oc(CCc2nc3ccc(Cl)cc3c(=O)o2)nc2ccc(Cl)cc12. The molecule has 0 aliphatic carbocycles. The topological polar surface area (TPSA) is 86.2 Å². The van der Waals surface area contributed by atoms with E-state index >= 15 is 0 Å². The van der Waals surface area contributed by atoms with Gasteiger partial charge < -0.3 is 8.83 Å². The summed E-state index contributed by atoms with van der Waals surface area (Å²) in [5.41, 5.74) is -0.0587. The van der Waals surface area contributed by atoms with Gasteiger partial charge in [-0.2, -0.15) is 0 Å². The highest BCUT2D eigenvalue weighted by molar-refractivity contribution is 6.31. The van der Waals surface area contributed by atoms with Gasteiger partial charge in [0.15, 0.2) is 11.8 Å². The lowest BCUT2D eigenvalue weighted by atomic mass is 10.2. The molecule has 0 N–H and O–H groups in total. The van der Waals surface area contributed by atoms with Gasteiger partial charge in [0, 0.05) is 22.9 Å². The zero-order chi connectivity index (χ0) is 18.3. The van der Waals surface area contributed by atoms with Crippen LogP contribution in [0.3, 0.4) is 0 Å². The first-order chi connectivity index (χ1) is 12.5. The molecule has 0 unspecified atom stereocenters. The van der Waals surface area contributed by atoms with Crippen molar-refractivity contribution in [2.45, 2.75) is 12.8 Å². The molecule has 0 bridgehead atoms. The van der Waals surface area contributed by atoms with Gasteiger partial charge in [-0.05, 0) is 36.4 Å². The highest BCUT2D eigenvalue weighted by Crippen LogP contribution is 2.17. The minimum atomic E-state index is -0.518. The number of fused-ring (bicyclic) bond motifs is 2. The molecule has 0 saturated carbocycles. The molecule has 0 saturated heterocycles. The third-order valence-electron chi connectivity index (χ3n) is 3.82. The van der Waals surface area contributed by atoms with Crippen molar-refractivity contribution in [3.05, 3.63) is 79.1 Å². The number of rotatable bonds is 3. The molecule has 0 amide bonds. The first kappa shape index (κ1) is 16.8. The number of aromatic nitrogens is 2. The molecular weight excluding hydrogens is 379 g/mol. The Balaban J connectivity index is 1.65. The van der Waals surface area contributed by atoms with Crippen LogP contribution >= 0.6 is 23.2 Å². The first-order valence-corrected chi connectivity index (χ1v) is 8.44. The fourth-order valence-electron chi connectivity index (χ4n) is 2.60. The van der Waals surface area contributed by atoms with Gasteiger partial charge >= 0.3 is 11.3 Å². The molecule has 0 radical (unpaired) electrons. The third-order valence-corrected chi connectivity index (χ3v) is 4.29. The summed E-state index contributed by atoms with van der Waals surface area (Å²) in [5, 5.41) is 1.49. The Morgan fingerprint density at radius 3 is 1.58 bits per heavy atom. The smallest absolute Gasteiger partial charge is 0.346 e. The molecule has 0 atom stereocenters. The molecule has 0 fully saturated rings. The van der Waals surface area contributed by atoms with Crippen LogP contribution in [0.5, 0.6) is 0 Å². The number of hydrogen-bond donors (Lipinski definition) is 0. The zero-order valence-corrected chi connectivity index (χ0v) is 14.7. The highest BCUT2D eigenvalue weighted by atomic mass is 35.5. The molecule has 6 nitrogen and oxygen atoms in total. The van der Waals surface area contributed by atoms with Crippen molar-refractivity contribution in [1.82, 2.24) is 9.97 Å². The van der Waals surface area contributed by atoms with E-state index in [-0.39, 0.29) is 24.6 Å². The van der Waals surface area contributed by atoms with Gasteiger partial charge in [-0.25, -0.2) is 19.6 Å². The zero-order valence-electron chi connectivity index (χ0n) is 13.2. The third kappa shape index (κ3) is 3.21. The number of benzene rings is 2. The van der Waals surface area contributed by atoms with Gasteiger partial charge in [-0.15, -0.1) is 0 Å². The lowest BCUT2D eigenvalue weighted by Crippen LogP contribution is -2.09. The molecule has 2 aromatic heterocycles. The summed E-state index contributed by atoms with van der Waals surface area (Å²) < 4.78 is 10.4. The van der Waals surface area contributed by atoms with Gasteiger partial charge in [0.1, 0.15) is 0 Å². The van der Waals surface area contributed by atoms with E-state index in [9.17, 15) is 9.59 Å². The molecule has 0 aliphatic heterocycles. The predicted molar refractivity (Wildman–Crippen MR) is 98.0 cm³/mol. The van der Waals surface area contributed by atoms with Crippen LogP contribution in [0.2, 0.25) is 10.0 Å². The van der Waals surface area contributed by atoms with Crippen molar-refractivity contribution in [3.63, 3.8) is 0 Å². The maximum atomic E-state index is 12.1.